The maximum Gasteiger partial charge on any atom is 0.249 e. The molecule has 2 heterocycles. The molecule has 3 aromatic carbocycles. The van der Waals surface area contributed by atoms with Gasteiger partial charge in [-0.3, -0.25) is 9.59 Å². The summed E-state index contributed by atoms with van der Waals surface area (Å²) in [5.41, 5.74) is 3.61. The number of aromatic amines is 1. The molecule has 1 aromatic heterocycles. The fourth-order valence-corrected chi connectivity index (χ4v) is 4.75. The summed E-state index contributed by atoms with van der Waals surface area (Å²) in [4.78, 5) is 28.4. The fourth-order valence-electron chi connectivity index (χ4n) is 4.75. The topological polar surface area (TPSA) is 125 Å². The van der Waals surface area contributed by atoms with Crippen LogP contribution in [-0.4, -0.2) is 58.7 Å². The van der Waals surface area contributed by atoms with Crippen molar-refractivity contribution in [2.45, 2.75) is 38.4 Å². The standard InChI is InChI=1S/C27H29N7O3.ClH/c1-16(28-2)26(35)29-22-12-9-17-6-4-5-7-23(17)34(27(22)36)15-21-20-11-8-19(25-30-32-33-31-25)14-18(20)10-13-24(21)37-3;/h4-8,10-11,13-14,16,22,28H,9,12,15H2,1-3H3,(H,29,35)(H,30,31,32,33);1H. The van der Waals surface area contributed by atoms with E-state index in [1.807, 2.05) is 54.6 Å². The van der Waals surface area contributed by atoms with Crippen molar-refractivity contribution < 1.29 is 14.3 Å². The second-order valence-electron chi connectivity index (χ2n) is 9.08. The van der Waals surface area contributed by atoms with Gasteiger partial charge in [0.25, 0.3) is 0 Å². The van der Waals surface area contributed by atoms with E-state index in [0.29, 0.717) is 24.4 Å². The second kappa shape index (κ2) is 11.6. The average Bonchev–Trinajstić information content (AvgIpc) is 3.44. The van der Waals surface area contributed by atoms with Crippen LogP contribution in [0.1, 0.15) is 24.5 Å². The lowest BCUT2D eigenvalue weighted by molar-refractivity contribution is -0.128. The van der Waals surface area contributed by atoms with Gasteiger partial charge in [-0.05, 0) is 66.6 Å². The number of aryl methyl sites for hydroxylation is 1. The number of carbonyl (C=O) groups excluding carboxylic acids is 2. The number of aromatic nitrogens is 4. The van der Waals surface area contributed by atoms with Crippen LogP contribution in [0.3, 0.4) is 0 Å². The van der Waals surface area contributed by atoms with Crippen LogP contribution in [0.25, 0.3) is 22.2 Å². The number of likely N-dealkylation sites (N-methyl/N-ethyl adjacent to an activating group) is 1. The molecule has 10 nitrogen and oxygen atoms in total. The van der Waals surface area contributed by atoms with E-state index in [1.165, 1.54) is 0 Å². The first-order valence-electron chi connectivity index (χ1n) is 12.2. The Labute approximate surface area is 226 Å². The Balaban J connectivity index is 0.00000336. The van der Waals surface area contributed by atoms with Gasteiger partial charge in [-0.1, -0.05) is 36.4 Å². The highest BCUT2D eigenvalue weighted by molar-refractivity contribution is 6.02. The first-order chi connectivity index (χ1) is 18.0. The predicted molar refractivity (Wildman–Crippen MR) is 147 cm³/mol. The summed E-state index contributed by atoms with van der Waals surface area (Å²) in [6.07, 6.45) is 1.20. The molecule has 1 aliphatic rings. The molecule has 11 heteroatoms. The number of nitrogens with one attached hydrogen (secondary N) is 3. The van der Waals surface area contributed by atoms with Crippen molar-refractivity contribution in [1.82, 2.24) is 31.3 Å². The molecule has 0 aliphatic carbocycles. The van der Waals surface area contributed by atoms with Crippen LogP contribution < -0.4 is 20.3 Å². The number of anilines is 1. The number of H-pyrrole nitrogens is 1. The lowest BCUT2D eigenvalue weighted by Gasteiger charge is -2.28. The van der Waals surface area contributed by atoms with Gasteiger partial charge in [0.2, 0.25) is 17.6 Å². The Morgan fingerprint density at radius 1 is 1.21 bits per heavy atom. The molecule has 0 saturated carbocycles. The molecule has 5 rings (SSSR count). The summed E-state index contributed by atoms with van der Waals surface area (Å²) < 4.78 is 5.73. The number of halogens is 1. The highest BCUT2D eigenvalue weighted by Crippen LogP contribution is 2.35. The molecule has 0 bridgehead atoms. The van der Waals surface area contributed by atoms with E-state index < -0.39 is 12.1 Å². The SMILES string of the molecule is CNC(C)C(=O)NC1CCc2ccccc2N(Cc2c(OC)ccc3cc(-c4nn[nH]n4)ccc23)C1=O.Cl. The summed E-state index contributed by atoms with van der Waals surface area (Å²) in [6.45, 7) is 2.05. The summed E-state index contributed by atoms with van der Waals surface area (Å²) in [5, 5.41) is 22.1. The van der Waals surface area contributed by atoms with Crippen LogP contribution in [0, 0.1) is 0 Å². The minimum absolute atomic E-state index is 0. The number of nitrogens with zero attached hydrogens (tertiary/aromatic N) is 4. The molecule has 3 N–H and O–H groups in total. The van der Waals surface area contributed by atoms with Gasteiger partial charge in [-0.15, -0.1) is 22.6 Å². The van der Waals surface area contributed by atoms with Gasteiger partial charge in [0.1, 0.15) is 11.8 Å². The number of carbonyl (C=O) groups is 2. The maximum atomic E-state index is 13.9. The number of ether oxygens (including phenoxy) is 1. The molecule has 38 heavy (non-hydrogen) atoms. The Kier molecular flexibility index (Phi) is 8.23. The monoisotopic (exact) mass is 535 g/mol. The van der Waals surface area contributed by atoms with Gasteiger partial charge in [0.05, 0.1) is 19.7 Å². The van der Waals surface area contributed by atoms with E-state index in [-0.39, 0.29) is 30.8 Å². The van der Waals surface area contributed by atoms with Gasteiger partial charge in [0, 0.05) is 16.8 Å². The number of amides is 2. The van der Waals surface area contributed by atoms with E-state index in [9.17, 15) is 9.59 Å². The van der Waals surface area contributed by atoms with E-state index in [0.717, 1.165) is 33.2 Å². The zero-order valence-electron chi connectivity index (χ0n) is 21.4. The summed E-state index contributed by atoms with van der Waals surface area (Å²) in [7, 11) is 3.34. The van der Waals surface area contributed by atoms with Crippen molar-refractivity contribution in [3.8, 4) is 17.1 Å². The second-order valence-corrected chi connectivity index (χ2v) is 9.08. The van der Waals surface area contributed by atoms with Crippen molar-refractivity contribution in [2.24, 2.45) is 0 Å². The molecule has 0 saturated heterocycles. The van der Waals surface area contributed by atoms with E-state index >= 15 is 0 Å². The highest BCUT2D eigenvalue weighted by atomic mass is 35.5. The number of fused-ring (bicyclic) bond motifs is 2. The molecule has 0 fully saturated rings. The van der Waals surface area contributed by atoms with E-state index in [1.54, 1.807) is 26.0 Å². The van der Waals surface area contributed by atoms with Gasteiger partial charge in [0.15, 0.2) is 0 Å². The predicted octanol–water partition coefficient (Wildman–Crippen LogP) is 3.02. The van der Waals surface area contributed by atoms with Crippen molar-refractivity contribution in [3.05, 3.63) is 65.7 Å². The van der Waals surface area contributed by atoms with Crippen molar-refractivity contribution in [3.63, 3.8) is 0 Å². The number of benzene rings is 3. The Hall–Kier alpha value is -4.02. The number of rotatable bonds is 7. The number of methoxy groups -OCH3 is 1. The normalized spacial score (nSPS) is 15.8. The third-order valence-electron chi connectivity index (χ3n) is 6.92. The number of tetrazole rings is 1. The first kappa shape index (κ1) is 27.0. The zero-order chi connectivity index (χ0) is 25.9. The molecule has 1 aliphatic heterocycles. The van der Waals surface area contributed by atoms with Gasteiger partial charge < -0.3 is 20.3 Å². The van der Waals surface area contributed by atoms with Crippen LogP contribution in [0.2, 0.25) is 0 Å². The lowest BCUT2D eigenvalue weighted by Crippen LogP contribution is -2.52. The molecule has 198 valence electrons. The van der Waals surface area contributed by atoms with E-state index in [2.05, 4.69) is 31.3 Å². The number of hydrogen-bond acceptors (Lipinski definition) is 7. The van der Waals surface area contributed by atoms with Gasteiger partial charge in [-0.2, -0.15) is 5.21 Å². The highest BCUT2D eigenvalue weighted by Gasteiger charge is 2.33. The maximum absolute atomic E-state index is 13.9. The third kappa shape index (κ3) is 5.18. The minimum Gasteiger partial charge on any atom is -0.496 e. The quantitative estimate of drug-likeness (QED) is 0.332. The first-order valence-corrected chi connectivity index (χ1v) is 12.2. The van der Waals surface area contributed by atoms with Crippen LogP contribution in [0.5, 0.6) is 5.75 Å². The average molecular weight is 536 g/mol. The molecular weight excluding hydrogens is 506 g/mol. The van der Waals surface area contributed by atoms with Crippen molar-refractivity contribution in [1.29, 1.82) is 0 Å². The number of para-hydroxylation sites is 1. The summed E-state index contributed by atoms with van der Waals surface area (Å²) >= 11 is 0. The minimum atomic E-state index is -0.637. The Morgan fingerprint density at radius 2 is 2.03 bits per heavy atom. The van der Waals surface area contributed by atoms with Gasteiger partial charge >= 0.3 is 0 Å². The summed E-state index contributed by atoms with van der Waals surface area (Å²) in [6, 6.07) is 16.6. The molecule has 0 spiro atoms. The van der Waals surface area contributed by atoms with Crippen molar-refractivity contribution in [2.75, 3.05) is 19.1 Å². The van der Waals surface area contributed by atoms with Gasteiger partial charge in [-0.25, -0.2) is 0 Å². The van der Waals surface area contributed by atoms with Crippen LogP contribution in [0.15, 0.2) is 54.6 Å². The Bertz CT molecular complexity index is 1440. The molecule has 2 unspecified atom stereocenters. The van der Waals surface area contributed by atoms with E-state index in [4.69, 9.17) is 4.74 Å². The lowest BCUT2D eigenvalue weighted by atomic mass is 10.00. The largest absolute Gasteiger partial charge is 0.496 e. The fraction of sp³-hybridized carbons (Fsp3) is 0.296. The molecule has 0 radical (unpaired) electrons. The van der Waals surface area contributed by atoms with Crippen LogP contribution in [-0.2, 0) is 22.6 Å². The molecule has 4 aromatic rings. The Morgan fingerprint density at radius 3 is 2.76 bits per heavy atom. The van der Waals surface area contributed by atoms with Crippen LogP contribution in [0.4, 0.5) is 5.69 Å². The zero-order valence-corrected chi connectivity index (χ0v) is 22.2. The van der Waals surface area contributed by atoms with Crippen LogP contribution >= 0.6 is 12.4 Å². The third-order valence-corrected chi connectivity index (χ3v) is 6.92. The smallest absolute Gasteiger partial charge is 0.249 e. The molecular formula is C27H30ClN7O3. The van der Waals surface area contributed by atoms with Crippen molar-refractivity contribution >= 4 is 40.7 Å². The molecule has 2 atom stereocenters. The molecule has 2 amide bonds. The summed E-state index contributed by atoms with van der Waals surface area (Å²) in [5.74, 6) is 0.830. The number of hydrogen-bond donors (Lipinski definition) is 3.